The number of ketones is 2. The molecule has 2 rings (SSSR count). The van der Waals surface area contributed by atoms with Gasteiger partial charge in [-0.1, -0.05) is 6.08 Å². The molecule has 25 heavy (non-hydrogen) atoms. The van der Waals surface area contributed by atoms with Gasteiger partial charge < -0.3 is 29.9 Å². The van der Waals surface area contributed by atoms with E-state index in [0.717, 1.165) is 6.08 Å². The number of ether oxygens (including phenoxy) is 2. The van der Waals surface area contributed by atoms with Gasteiger partial charge in [-0.15, -0.1) is 0 Å². The lowest BCUT2D eigenvalue weighted by Gasteiger charge is -2.37. The summed E-state index contributed by atoms with van der Waals surface area (Å²) in [4.78, 5) is 45.1. The molecule has 138 valence electrons. The summed E-state index contributed by atoms with van der Waals surface area (Å²) in [6.07, 6.45) is -6.43. The number of aliphatic carboxylic acids is 1. The van der Waals surface area contributed by atoms with Crippen LogP contribution in [0.25, 0.3) is 0 Å². The third-order valence-electron chi connectivity index (χ3n) is 4.05. The van der Waals surface area contributed by atoms with Crippen LogP contribution < -0.4 is 0 Å². The van der Waals surface area contributed by atoms with E-state index in [-0.39, 0.29) is 18.8 Å². The number of hydrogen-bond donors (Lipinski definition) is 4. The van der Waals surface area contributed by atoms with E-state index in [2.05, 4.69) is 0 Å². The average Bonchev–Trinajstić information content (AvgIpc) is 2.56. The van der Waals surface area contributed by atoms with Crippen LogP contribution in [-0.2, 0) is 28.7 Å². The van der Waals surface area contributed by atoms with Gasteiger partial charge in [0.15, 0.2) is 17.7 Å². The summed E-state index contributed by atoms with van der Waals surface area (Å²) in [5.41, 5.74) is 0. The largest absolute Gasteiger partial charge is 0.479 e. The van der Waals surface area contributed by atoms with Crippen LogP contribution >= 0.6 is 0 Å². The molecule has 0 aromatic rings. The monoisotopic (exact) mass is 358 g/mol. The van der Waals surface area contributed by atoms with Crippen molar-refractivity contribution in [2.75, 3.05) is 0 Å². The Bertz CT molecular complexity index is 597. The van der Waals surface area contributed by atoms with Crippen molar-refractivity contribution in [3.8, 4) is 0 Å². The van der Waals surface area contributed by atoms with Crippen LogP contribution in [0.1, 0.15) is 19.3 Å². The minimum Gasteiger partial charge on any atom is -0.479 e. The van der Waals surface area contributed by atoms with E-state index in [1.807, 2.05) is 0 Å². The average molecular weight is 358 g/mol. The summed E-state index contributed by atoms with van der Waals surface area (Å²) in [6.45, 7) is 0. The fourth-order valence-electron chi connectivity index (χ4n) is 2.59. The second-order valence-electron chi connectivity index (χ2n) is 5.88. The summed E-state index contributed by atoms with van der Waals surface area (Å²) >= 11 is 0. The topological polar surface area (TPSA) is 168 Å². The number of rotatable bonds is 4. The standard InChI is InChI=1S/C15H18O10/c16-7-3-1-6(5-8(7)17)2-4-9(18)24-15-12(21)10(19)11(20)13(25-15)14(22)23/h2,4,6,10-13,15,19-21H,1,3,5H2,(H,22,23)/t6?,10-,11-,12+,13-,15?/m0/s1. The molecule has 0 amide bonds. The summed E-state index contributed by atoms with van der Waals surface area (Å²) in [7, 11) is 0. The van der Waals surface area contributed by atoms with Crippen LogP contribution in [0.4, 0.5) is 0 Å². The Balaban J connectivity index is 1.94. The highest BCUT2D eigenvalue weighted by molar-refractivity contribution is 6.37. The fraction of sp³-hybridized carbons (Fsp3) is 0.600. The first kappa shape index (κ1) is 19.2. The summed E-state index contributed by atoms with van der Waals surface area (Å²) in [5.74, 6) is -3.87. The molecule has 2 unspecified atom stereocenters. The third kappa shape index (κ3) is 4.48. The van der Waals surface area contributed by atoms with E-state index in [1.54, 1.807) is 0 Å². The fourth-order valence-corrected chi connectivity index (χ4v) is 2.59. The molecule has 10 nitrogen and oxygen atoms in total. The van der Waals surface area contributed by atoms with Gasteiger partial charge in [0.05, 0.1) is 0 Å². The molecule has 1 saturated heterocycles. The Morgan fingerprint density at radius 3 is 2.36 bits per heavy atom. The molecule has 1 heterocycles. The molecule has 0 spiro atoms. The van der Waals surface area contributed by atoms with Crippen LogP contribution in [0.15, 0.2) is 12.2 Å². The zero-order chi connectivity index (χ0) is 18.7. The quantitative estimate of drug-likeness (QED) is 0.248. The van der Waals surface area contributed by atoms with E-state index in [1.165, 1.54) is 6.08 Å². The van der Waals surface area contributed by atoms with Crippen molar-refractivity contribution in [3.63, 3.8) is 0 Å². The number of esters is 1. The van der Waals surface area contributed by atoms with Gasteiger partial charge >= 0.3 is 11.9 Å². The highest BCUT2D eigenvalue weighted by Crippen LogP contribution is 2.23. The van der Waals surface area contributed by atoms with Gasteiger partial charge in [0.25, 0.3) is 0 Å². The number of carbonyl (C=O) groups is 4. The molecule has 0 bridgehead atoms. The molecule has 2 aliphatic rings. The molecule has 0 aromatic heterocycles. The summed E-state index contributed by atoms with van der Waals surface area (Å²) in [6, 6.07) is 0. The maximum atomic E-state index is 11.8. The number of carboxylic acid groups (broad SMARTS) is 1. The third-order valence-corrected chi connectivity index (χ3v) is 4.05. The van der Waals surface area contributed by atoms with Crippen LogP contribution in [0, 0.1) is 5.92 Å². The Labute approximate surface area is 141 Å². The van der Waals surface area contributed by atoms with E-state index in [0.29, 0.717) is 6.42 Å². The number of allylic oxidation sites excluding steroid dienone is 1. The first-order valence-corrected chi connectivity index (χ1v) is 7.58. The molecule has 4 N–H and O–H groups in total. The Morgan fingerprint density at radius 1 is 1.08 bits per heavy atom. The van der Waals surface area contributed by atoms with Gasteiger partial charge in [0, 0.05) is 18.9 Å². The lowest BCUT2D eigenvalue weighted by Crippen LogP contribution is -2.60. The number of aliphatic hydroxyl groups is 3. The molecule has 0 aromatic carbocycles. The Morgan fingerprint density at radius 2 is 1.76 bits per heavy atom. The van der Waals surface area contributed by atoms with Gasteiger partial charge in [-0.25, -0.2) is 9.59 Å². The van der Waals surface area contributed by atoms with Gasteiger partial charge in [0.1, 0.15) is 18.3 Å². The highest BCUT2D eigenvalue weighted by Gasteiger charge is 2.48. The smallest absolute Gasteiger partial charge is 0.335 e. The molecule has 0 radical (unpaired) electrons. The first-order valence-electron chi connectivity index (χ1n) is 7.58. The highest BCUT2D eigenvalue weighted by atomic mass is 16.7. The zero-order valence-electron chi connectivity index (χ0n) is 13.0. The van der Waals surface area contributed by atoms with Crippen molar-refractivity contribution in [3.05, 3.63) is 12.2 Å². The molecular formula is C15H18O10. The first-order chi connectivity index (χ1) is 11.7. The molecule has 1 aliphatic heterocycles. The predicted molar refractivity (Wildman–Crippen MR) is 76.9 cm³/mol. The van der Waals surface area contributed by atoms with Crippen molar-refractivity contribution in [2.24, 2.45) is 5.92 Å². The van der Waals surface area contributed by atoms with Gasteiger partial charge in [-0.3, -0.25) is 9.59 Å². The van der Waals surface area contributed by atoms with Crippen molar-refractivity contribution < 1.29 is 49.1 Å². The second-order valence-corrected chi connectivity index (χ2v) is 5.88. The van der Waals surface area contributed by atoms with E-state index < -0.39 is 54.2 Å². The predicted octanol–water partition coefficient (Wildman–Crippen LogP) is -2.08. The van der Waals surface area contributed by atoms with Crippen LogP contribution in [-0.4, -0.2) is 74.6 Å². The summed E-state index contributed by atoms with van der Waals surface area (Å²) < 4.78 is 9.56. The summed E-state index contributed by atoms with van der Waals surface area (Å²) in [5, 5.41) is 37.8. The van der Waals surface area contributed by atoms with Crippen molar-refractivity contribution in [1.82, 2.24) is 0 Å². The normalized spacial score (nSPS) is 36.4. The van der Waals surface area contributed by atoms with Crippen molar-refractivity contribution in [2.45, 2.75) is 50.0 Å². The Kier molecular flexibility index (Phi) is 6.01. The molecule has 1 saturated carbocycles. The van der Waals surface area contributed by atoms with Gasteiger partial charge in [-0.05, 0) is 12.3 Å². The zero-order valence-corrected chi connectivity index (χ0v) is 13.0. The number of aliphatic hydroxyl groups excluding tert-OH is 3. The second kappa shape index (κ2) is 7.83. The number of hydrogen-bond acceptors (Lipinski definition) is 9. The van der Waals surface area contributed by atoms with Crippen LogP contribution in [0.2, 0.25) is 0 Å². The van der Waals surface area contributed by atoms with Crippen molar-refractivity contribution in [1.29, 1.82) is 0 Å². The SMILES string of the molecule is O=C(C=CC1CCC(=O)C(=O)C1)OC1O[C@H](C(=O)O)[C@@H](O)[C@H](O)[C@H]1O. The van der Waals surface area contributed by atoms with Crippen LogP contribution in [0.5, 0.6) is 0 Å². The molecule has 10 heteroatoms. The minimum atomic E-state index is -1.89. The van der Waals surface area contributed by atoms with Gasteiger partial charge in [-0.2, -0.15) is 0 Å². The molecule has 2 fully saturated rings. The number of carbonyl (C=O) groups excluding carboxylic acids is 3. The Hall–Kier alpha value is -2.14. The van der Waals surface area contributed by atoms with Crippen LogP contribution in [0.3, 0.4) is 0 Å². The lowest BCUT2D eigenvalue weighted by atomic mass is 9.87. The maximum absolute atomic E-state index is 11.8. The van der Waals surface area contributed by atoms with E-state index in [4.69, 9.17) is 14.6 Å². The van der Waals surface area contributed by atoms with E-state index >= 15 is 0 Å². The number of carboxylic acids is 1. The molecule has 6 atom stereocenters. The molecule has 1 aliphatic carbocycles. The van der Waals surface area contributed by atoms with Crippen molar-refractivity contribution >= 4 is 23.5 Å². The van der Waals surface area contributed by atoms with Gasteiger partial charge in [0.2, 0.25) is 6.29 Å². The molecular weight excluding hydrogens is 340 g/mol. The lowest BCUT2D eigenvalue weighted by molar-refractivity contribution is -0.284. The number of Topliss-reactive ketones (excluding diaryl/α,β-unsaturated/α-hetero) is 2. The maximum Gasteiger partial charge on any atom is 0.335 e. The van der Waals surface area contributed by atoms with E-state index in [9.17, 15) is 34.5 Å². The minimum absolute atomic E-state index is 0.0167.